The van der Waals surface area contributed by atoms with E-state index in [1.165, 1.54) is 11.3 Å². The van der Waals surface area contributed by atoms with Gasteiger partial charge in [0, 0.05) is 17.6 Å². The summed E-state index contributed by atoms with van der Waals surface area (Å²) in [6.07, 6.45) is 5.73. The van der Waals surface area contributed by atoms with Crippen LogP contribution in [0.3, 0.4) is 0 Å². The Morgan fingerprint density at radius 1 is 1.52 bits per heavy atom. The van der Waals surface area contributed by atoms with Crippen LogP contribution < -0.4 is 15.4 Å². The Labute approximate surface area is 127 Å². The van der Waals surface area contributed by atoms with Gasteiger partial charge >= 0.3 is 0 Å². The Hall–Kier alpha value is -1.86. The Morgan fingerprint density at radius 3 is 3.05 bits per heavy atom. The van der Waals surface area contributed by atoms with Crippen LogP contribution in [-0.2, 0) is 0 Å². The fourth-order valence-electron chi connectivity index (χ4n) is 2.41. The average molecular weight is 306 g/mol. The third kappa shape index (κ3) is 3.25. The van der Waals surface area contributed by atoms with Crippen molar-refractivity contribution < 1.29 is 9.53 Å². The van der Waals surface area contributed by atoms with Crippen molar-refractivity contribution in [3.05, 3.63) is 28.7 Å². The molecule has 6 nitrogen and oxygen atoms in total. The monoisotopic (exact) mass is 306 g/mol. The number of hydrogen-bond acceptors (Lipinski definition) is 5. The van der Waals surface area contributed by atoms with Gasteiger partial charge in [0.25, 0.3) is 5.91 Å². The molecule has 0 aliphatic carbocycles. The second kappa shape index (κ2) is 6.28. The van der Waals surface area contributed by atoms with Crippen LogP contribution >= 0.6 is 11.3 Å². The Bertz CT molecular complexity index is 616. The van der Waals surface area contributed by atoms with Gasteiger partial charge in [-0.25, -0.2) is 0 Å². The highest BCUT2D eigenvalue weighted by Gasteiger charge is 2.16. The first-order chi connectivity index (χ1) is 10.3. The molecule has 2 aromatic rings. The lowest BCUT2D eigenvalue weighted by Crippen LogP contribution is -2.29. The topological polar surface area (TPSA) is 68.2 Å². The first-order valence-electron chi connectivity index (χ1n) is 6.95. The van der Waals surface area contributed by atoms with Gasteiger partial charge in [-0.05, 0) is 25.9 Å². The summed E-state index contributed by atoms with van der Waals surface area (Å²) < 4.78 is 7.04. The lowest BCUT2D eigenvalue weighted by Gasteiger charge is -2.22. The van der Waals surface area contributed by atoms with E-state index in [2.05, 4.69) is 15.7 Å². The zero-order chi connectivity index (χ0) is 14.7. The van der Waals surface area contributed by atoms with Gasteiger partial charge in [0.15, 0.2) is 0 Å². The van der Waals surface area contributed by atoms with Crippen LogP contribution in [0.15, 0.2) is 23.8 Å². The van der Waals surface area contributed by atoms with Gasteiger partial charge in [-0.15, -0.1) is 11.3 Å². The molecule has 7 heteroatoms. The normalized spacial score (nSPS) is 15.9. The quantitative estimate of drug-likeness (QED) is 0.908. The lowest BCUT2D eigenvalue weighted by atomic mass is 10.1. The molecule has 112 valence electrons. The van der Waals surface area contributed by atoms with Crippen LogP contribution in [0.1, 0.15) is 28.6 Å². The minimum absolute atomic E-state index is 0.131. The van der Waals surface area contributed by atoms with Crippen LogP contribution in [-0.4, -0.2) is 35.9 Å². The van der Waals surface area contributed by atoms with Gasteiger partial charge in [-0.2, -0.15) is 5.10 Å². The molecule has 0 atom stereocenters. The molecule has 1 fully saturated rings. The van der Waals surface area contributed by atoms with Crippen molar-refractivity contribution in [3.63, 3.8) is 0 Å². The van der Waals surface area contributed by atoms with Gasteiger partial charge in [-0.3, -0.25) is 9.48 Å². The van der Waals surface area contributed by atoms with Crippen LogP contribution in [0.5, 0.6) is 5.75 Å². The van der Waals surface area contributed by atoms with E-state index in [1.54, 1.807) is 19.4 Å². The number of carbonyl (C=O) groups excluding carboxylic acids is 1. The summed E-state index contributed by atoms with van der Waals surface area (Å²) in [7, 11) is 1.59. The number of nitrogens with zero attached hydrogens (tertiary/aromatic N) is 2. The first-order valence-corrected chi connectivity index (χ1v) is 7.83. The van der Waals surface area contributed by atoms with Crippen LogP contribution in [0.25, 0.3) is 0 Å². The number of anilines is 1. The minimum Gasteiger partial charge on any atom is -0.496 e. The molecule has 2 aromatic heterocycles. The molecule has 0 radical (unpaired) electrons. The summed E-state index contributed by atoms with van der Waals surface area (Å²) in [5, 5.41) is 12.4. The number of nitrogens with one attached hydrogen (secondary N) is 2. The smallest absolute Gasteiger partial charge is 0.265 e. The van der Waals surface area contributed by atoms with Crippen LogP contribution in [0.4, 0.5) is 5.69 Å². The number of hydrogen-bond donors (Lipinski definition) is 2. The van der Waals surface area contributed by atoms with Crippen molar-refractivity contribution >= 4 is 22.9 Å². The van der Waals surface area contributed by atoms with Crippen molar-refractivity contribution in [2.24, 2.45) is 0 Å². The van der Waals surface area contributed by atoms with E-state index in [4.69, 9.17) is 4.74 Å². The molecule has 3 rings (SSSR count). The van der Waals surface area contributed by atoms with E-state index < -0.39 is 0 Å². The maximum atomic E-state index is 12.1. The number of methoxy groups -OCH3 is 1. The van der Waals surface area contributed by atoms with Gasteiger partial charge in [0.1, 0.15) is 5.75 Å². The maximum absolute atomic E-state index is 12.1. The second-order valence-electron chi connectivity index (χ2n) is 5.00. The molecule has 3 heterocycles. The highest BCUT2D eigenvalue weighted by molar-refractivity contribution is 7.12. The highest BCUT2D eigenvalue weighted by atomic mass is 32.1. The number of amides is 1. The average Bonchev–Trinajstić information content (AvgIpc) is 3.17. The molecule has 0 spiro atoms. The predicted molar refractivity (Wildman–Crippen MR) is 82.2 cm³/mol. The lowest BCUT2D eigenvalue weighted by molar-refractivity contribution is 0.103. The Kier molecular flexibility index (Phi) is 4.21. The van der Waals surface area contributed by atoms with Crippen molar-refractivity contribution in [2.45, 2.75) is 18.9 Å². The summed E-state index contributed by atoms with van der Waals surface area (Å²) >= 11 is 1.36. The number of rotatable bonds is 4. The van der Waals surface area contributed by atoms with Crippen molar-refractivity contribution in [3.8, 4) is 5.75 Å². The Morgan fingerprint density at radius 2 is 2.33 bits per heavy atom. The summed E-state index contributed by atoms with van der Waals surface area (Å²) in [5.74, 6) is 0.573. The molecular weight excluding hydrogens is 288 g/mol. The highest BCUT2D eigenvalue weighted by Crippen LogP contribution is 2.23. The zero-order valence-electron chi connectivity index (χ0n) is 11.8. The van der Waals surface area contributed by atoms with Gasteiger partial charge < -0.3 is 15.4 Å². The minimum atomic E-state index is -0.131. The summed E-state index contributed by atoms with van der Waals surface area (Å²) in [5.41, 5.74) is 0.728. The van der Waals surface area contributed by atoms with E-state index in [9.17, 15) is 4.79 Å². The fraction of sp³-hybridized carbons (Fsp3) is 0.429. The molecule has 0 saturated carbocycles. The van der Waals surface area contributed by atoms with Crippen molar-refractivity contribution in [1.29, 1.82) is 0 Å². The maximum Gasteiger partial charge on any atom is 0.265 e. The number of ether oxygens (including phenoxy) is 1. The molecular formula is C14H18N4O2S. The zero-order valence-corrected chi connectivity index (χ0v) is 12.7. The third-order valence-electron chi connectivity index (χ3n) is 3.58. The van der Waals surface area contributed by atoms with E-state index in [1.807, 2.05) is 16.3 Å². The molecule has 0 bridgehead atoms. The number of thiophene rings is 1. The molecule has 1 aliphatic rings. The van der Waals surface area contributed by atoms with Gasteiger partial charge in [-0.1, -0.05) is 0 Å². The molecule has 1 aliphatic heterocycles. The van der Waals surface area contributed by atoms with E-state index in [-0.39, 0.29) is 5.91 Å². The van der Waals surface area contributed by atoms with Gasteiger partial charge in [0.05, 0.1) is 29.9 Å². The summed E-state index contributed by atoms with van der Waals surface area (Å²) in [6.45, 7) is 2.03. The second-order valence-corrected chi connectivity index (χ2v) is 5.91. The van der Waals surface area contributed by atoms with Crippen molar-refractivity contribution in [1.82, 2.24) is 15.1 Å². The largest absolute Gasteiger partial charge is 0.496 e. The molecule has 0 unspecified atom stereocenters. The van der Waals surface area contributed by atoms with Crippen LogP contribution in [0, 0.1) is 0 Å². The van der Waals surface area contributed by atoms with E-state index >= 15 is 0 Å². The summed E-state index contributed by atoms with van der Waals surface area (Å²) in [6, 6.07) is 2.15. The summed E-state index contributed by atoms with van der Waals surface area (Å²) in [4.78, 5) is 12.8. The Balaban J connectivity index is 1.64. The molecule has 1 saturated heterocycles. The SMILES string of the molecule is COc1csc(C(=O)Nc2cnn(C3CCNCC3)c2)c1. The number of aromatic nitrogens is 2. The standard InChI is InChI=1S/C14H18N4O2S/c1-20-12-6-13(21-9-12)14(19)17-10-7-16-18(8-10)11-2-4-15-5-3-11/h6-9,11,15H,2-5H2,1H3,(H,17,19). The van der Waals surface area contributed by atoms with E-state index in [0.29, 0.717) is 16.7 Å². The number of carbonyl (C=O) groups is 1. The van der Waals surface area contributed by atoms with Gasteiger partial charge in [0.2, 0.25) is 0 Å². The van der Waals surface area contributed by atoms with E-state index in [0.717, 1.165) is 31.6 Å². The van der Waals surface area contributed by atoms with Crippen molar-refractivity contribution in [2.75, 3.05) is 25.5 Å². The third-order valence-corrected chi connectivity index (χ3v) is 4.48. The molecule has 1 amide bonds. The molecule has 0 aromatic carbocycles. The fourth-order valence-corrected chi connectivity index (χ4v) is 3.16. The van der Waals surface area contributed by atoms with Crippen LogP contribution in [0.2, 0.25) is 0 Å². The molecule has 2 N–H and O–H groups in total. The molecule has 21 heavy (non-hydrogen) atoms. The first kappa shape index (κ1) is 14.1. The predicted octanol–water partition coefficient (Wildman–Crippen LogP) is 2.13. The number of piperidine rings is 1.